The van der Waals surface area contributed by atoms with Crippen molar-refractivity contribution in [2.24, 2.45) is 0 Å². The van der Waals surface area contributed by atoms with Gasteiger partial charge in [0.15, 0.2) is 5.67 Å². The van der Waals surface area contributed by atoms with Gasteiger partial charge in [0, 0.05) is 51.6 Å². The molecule has 2 aliphatic rings. The van der Waals surface area contributed by atoms with Crippen LogP contribution in [0.3, 0.4) is 0 Å². The molecule has 2 fully saturated rings. The van der Waals surface area contributed by atoms with E-state index in [1.165, 1.54) is 12.0 Å². The lowest BCUT2D eigenvalue weighted by Gasteiger charge is -2.40. The largest absolute Gasteiger partial charge is 0.462 e. The van der Waals surface area contributed by atoms with Gasteiger partial charge in [0.1, 0.15) is 0 Å². The van der Waals surface area contributed by atoms with Gasteiger partial charge >= 0.3 is 0 Å². The van der Waals surface area contributed by atoms with Crippen molar-refractivity contribution >= 4 is 28.3 Å². The standard InChI is InChI=1S/C27H35FN4O2S.C3H8/c1-19(2)34-26-29-23-16-20(3)4-5-24(23)32(26)22-6-11-31(12-7-22)25(33)27(28)9-13-30(14-10-27)17-21-8-15-35-18-21;1-3-2/h4-5,8,15-16,18-19,22H,6-7,9-14,17H2,1-3H3;3H2,1-2H3. The van der Waals surface area contributed by atoms with E-state index < -0.39 is 5.67 Å². The predicted octanol–water partition coefficient (Wildman–Crippen LogP) is 6.78. The van der Waals surface area contributed by atoms with Crippen LogP contribution >= 0.6 is 11.3 Å². The summed E-state index contributed by atoms with van der Waals surface area (Å²) in [5.74, 6) is -0.323. The molecule has 0 atom stereocenters. The maximum absolute atomic E-state index is 15.8. The number of rotatable bonds is 6. The van der Waals surface area contributed by atoms with Crippen LogP contribution in [-0.2, 0) is 11.3 Å². The number of imidazole rings is 1. The van der Waals surface area contributed by atoms with Crippen molar-refractivity contribution in [2.45, 2.75) is 91.1 Å². The molecule has 1 amide bonds. The molecule has 6 nitrogen and oxygen atoms in total. The van der Waals surface area contributed by atoms with Crippen molar-refractivity contribution in [1.29, 1.82) is 0 Å². The Bertz CT molecular complexity index is 1180. The van der Waals surface area contributed by atoms with Crippen molar-refractivity contribution in [3.63, 3.8) is 0 Å². The number of ether oxygens (including phenoxy) is 1. The van der Waals surface area contributed by atoms with Gasteiger partial charge in [0.25, 0.3) is 11.9 Å². The number of carbonyl (C=O) groups is 1. The van der Waals surface area contributed by atoms with Crippen LogP contribution in [0.4, 0.5) is 4.39 Å². The van der Waals surface area contributed by atoms with Gasteiger partial charge in [0.05, 0.1) is 17.1 Å². The van der Waals surface area contributed by atoms with Crippen molar-refractivity contribution in [3.05, 3.63) is 46.2 Å². The van der Waals surface area contributed by atoms with Crippen LogP contribution < -0.4 is 4.74 Å². The van der Waals surface area contributed by atoms with Gasteiger partial charge < -0.3 is 9.64 Å². The Morgan fingerprint density at radius 3 is 2.45 bits per heavy atom. The van der Waals surface area contributed by atoms with Crippen LogP contribution in [0.15, 0.2) is 35.0 Å². The highest BCUT2D eigenvalue weighted by molar-refractivity contribution is 7.07. The normalized spacial score (nSPS) is 18.4. The SMILES string of the molecule is CCC.Cc1ccc2c(c1)nc(OC(C)C)n2C1CCN(C(=O)C2(F)CCN(Cc3ccsc3)CC2)CC1. The molecule has 0 N–H and O–H groups in total. The number of aryl methyl sites for hydroxylation is 1. The van der Waals surface area contributed by atoms with Crippen molar-refractivity contribution < 1.29 is 13.9 Å². The molecule has 2 saturated heterocycles. The van der Waals surface area contributed by atoms with E-state index in [9.17, 15) is 4.79 Å². The van der Waals surface area contributed by atoms with E-state index in [2.05, 4.69) is 65.3 Å². The summed E-state index contributed by atoms with van der Waals surface area (Å²) in [6.45, 7) is 13.5. The summed E-state index contributed by atoms with van der Waals surface area (Å²) >= 11 is 1.68. The number of fused-ring (bicyclic) bond motifs is 1. The summed E-state index contributed by atoms with van der Waals surface area (Å²) in [6.07, 6.45) is 3.34. The summed E-state index contributed by atoms with van der Waals surface area (Å²) in [5, 5.41) is 4.20. The average Bonchev–Trinajstić information content (AvgIpc) is 3.52. The number of carbonyl (C=O) groups excluding carboxylic acids is 1. The molecule has 208 valence electrons. The molecule has 2 aromatic heterocycles. The molecule has 8 heteroatoms. The van der Waals surface area contributed by atoms with Crippen molar-refractivity contribution in [1.82, 2.24) is 19.4 Å². The second-order valence-electron chi connectivity index (χ2n) is 11.0. The molecule has 0 unspecified atom stereocenters. The number of hydrogen-bond acceptors (Lipinski definition) is 5. The Hall–Kier alpha value is -2.45. The van der Waals surface area contributed by atoms with Crippen LogP contribution in [-0.4, -0.2) is 63.2 Å². The summed E-state index contributed by atoms with van der Waals surface area (Å²) in [6, 6.07) is 9.18. The molecule has 2 aliphatic heterocycles. The number of likely N-dealkylation sites (tertiary alicyclic amines) is 2. The minimum Gasteiger partial charge on any atom is -0.462 e. The number of halogens is 1. The smallest absolute Gasteiger partial charge is 0.297 e. The molecular weight excluding hydrogens is 499 g/mol. The monoisotopic (exact) mass is 542 g/mol. The van der Waals surface area contributed by atoms with Gasteiger partial charge in [0.2, 0.25) is 0 Å². The Morgan fingerprint density at radius 1 is 1.16 bits per heavy atom. The van der Waals surface area contributed by atoms with E-state index >= 15 is 4.39 Å². The van der Waals surface area contributed by atoms with Crippen LogP contribution in [0, 0.1) is 6.92 Å². The Labute approximate surface area is 230 Å². The zero-order valence-electron chi connectivity index (χ0n) is 23.6. The number of hydrogen-bond donors (Lipinski definition) is 0. The fourth-order valence-electron chi connectivity index (χ4n) is 5.36. The maximum Gasteiger partial charge on any atom is 0.297 e. The predicted molar refractivity (Wildman–Crippen MR) is 154 cm³/mol. The van der Waals surface area contributed by atoms with E-state index in [1.807, 2.05) is 13.8 Å². The third-order valence-corrected chi connectivity index (χ3v) is 8.02. The number of nitrogens with zero attached hydrogens (tertiary/aromatic N) is 4. The third kappa shape index (κ3) is 6.57. The first-order chi connectivity index (χ1) is 18.2. The van der Waals surface area contributed by atoms with Crippen LogP contribution in [0.25, 0.3) is 11.0 Å². The highest BCUT2D eigenvalue weighted by Crippen LogP contribution is 2.35. The van der Waals surface area contributed by atoms with E-state index in [-0.39, 0.29) is 30.9 Å². The fraction of sp³-hybridized carbons (Fsp3) is 0.600. The zero-order chi connectivity index (χ0) is 27.3. The summed E-state index contributed by atoms with van der Waals surface area (Å²) in [5.41, 5.74) is 2.65. The molecular formula is C30H43FN4O2S. The third-order valence-electron chi connectivity index (χ3n) is 7.29. The van der Waals surface area contributed by atoms with Gasteiger partial charge in [-0.2, -0.15) is 16.3 Å². The van der Waals surface area contributed by atoms with Gasteiger partial charge in [-0.25, -0.2) is 4.39 Å². The molecule has 0 radical (unpaired) electrons. The lowest BCUT2D eigenvalue weighted by molar-refractivity contribution is -0.148. The van der Waals surface area contributed by atoms with Gasteiger partial charge in [-0.05, 0) is 73.7 Å². The number of alkyl halides is 1. The number of piperidine rings is 2. The van der Waals surface area contributed by atoms with Gasteiger partial charge in [-0.3, -0.25) is 14.3 Å². The van der Waals surface area contributed by atoms with E-state index in [0.717, 1.165) is 36.0 Å². The average molecular weight is 543 g/mol. The van der Waals surface area contributed by atoms with Gasteiger partial charge in [-0.1, -0.05) is 26.3 Å². The first kappa shape index (κ1) is 28.6. The summed E-state index contributed by atoms with van der Waals surface area (Å²) in [4.78, 5) is 22.0. The van der Waals surface area contributed by atoms with E-state index in [0.29, 0.717) is 32.2 Å². The van der Waals surface area contributed by atoms with Crippen molar-refractivity contribution in [2.75, 3.05) is 26.2 Å². The first-order valence-corrected chi connectivity index (χ1v) is 15.0. The second-order valence-corrected chi connectivity index (χ2v) is 11.8. The maximum atomic E-state index is 15.8. The first-order valence-electron chi connectivity index (χ1n) is 14.1. The lowest BCUT2D eigenvalue weighted by atomic mass is 9.90. The van der Waals surface area contributed by atoms with E-state index in [1.54, 1.807) is 16.2 Å². The number of thiophene rings is 1. The van der Waals surface area contributed by atoms with Crippen molar-refractivity contribution in [3.8, 4) is 6.01 Å². The number of aromatic nitrogens is 2. The molecule has 0 bridgehead atoms. The molecule has 5 rings (SSSR count). The summed E-state index contributed by atoms with van der Waals surface area (Å²) in [7, 11) is 0. The molecule has 4 heterocycles. The minimum atomic E-state index is -1.75. The Balaban J connectivity index is 0.00000107. The van der Waals surface area contributed by atoms with E-state index in [4.69, 9.17) is 9.72 Å². The quantitative estimate of drug-likeness (QED) is 0.345. The topological polar surface area (TPSA) is 50.6 Å². The fourth-order valence-corrected chi connectivity index (χ4v) is 6.02. The van der Waals surface area contributed by atoms with Crippen LogP contribution in [0.5, 0.6) is 6.01 Å². The highest BCUT2D eigenvalue weighted by atomic mass is 32.1. The molecule has 1 aromatic carbocycles. The molecule has 0 saturated carbocycles. The molecule has 0 spiro atoms. The number of benzene rings is 1. The minimum absolute atomic E-state index is 0.0188. The van der Waals surface area contributed by atoms with Crippen LogP contribution in [0.2, 0.25) is 0 Å². The zero-order valence-corrected chi connectivity index (χ0v) is 24.4. The number of amides is 1. The Morgan fingerprint density at radius 2 is 1.84 bits per heavy atom. The van der Waals surface area contributed by atoms with Crippen LogP contribution in [0.1, 0.15) is 77.0 Å². The summed E-state index contributed by atoms with van der Waals surface area (Å²) < 4.78 is 24.0. The molecule has 0 aliphatic carbocycles. The molecule has 3 aromatic rings. The lowest BCUT2D eigenvalue weighted by Crippen LogP contribution is -2.53. The Kier molecular flexibility index (Phi) is 9.47. The van der Waals surface area contributed by atoms with Gasteiger partial charge in [-0.15, -0.1) is 0 Å². The second kappa shape index (κ2) is 12.6. The molecule has 38 heavy (non-hydrogen) atoms. The highest BCUT2D eigenvalue weighted by Gasteiger charge is 2.45.